The summed E-state index contributed by atoms with van der Waals surface area (Å²) in [5, 5.41) is 5.66. The Balaban J connectivity index is 0.839. The highest BCUT2D eigenvalue weighted by molar-refractivity contribution is 6.12. The molecule has 0 N–H and O–H groups in total. The van der Waals surface area contributed by atoms with Crippen molar-refractivity contribution in [2.75, 3.05) is 0 Å². The lowest BCUT2D eigenvalue weighted by Gasteiger charge is -2.08. The van der Waals surface area contributed by atoms with E-state index in [-0.39, 0.29) is 0 Å². The molecule has 13 aromatic rings. The summed E-state index contributed by atoms with van der Waals surface area (Å²) in [7, 11) is 0. The fraction of sp³-hybridized carbons (Fsp3) is 0.0377. The molecule has 7 heteroatoms. The monoisotopic (exact) mass is 772 g/mol. The van der Waals surface area contributed by atoms with Gasteiger partial charge in [0.2, 0.25) is 0 Å². The molecule has 282 valence electrons. The SMILES string of the molecule is c1ccc(-n2c3ccccc3c3cc(-c4ccc5oc6c(CCc7ccnc8c7oc7ccc(-c9ccnc%10c9oc9cccnc9%10)cc78)cccc6c5c4)ccc32)cc1. The predicted molar refractivity (Wildman–Crippen MR) is 241 cm³/mol. The number of hydrogen-bond donors (Lipinski definition) is 0. The summed E-state index contributed by atoms with van der Waals surface area (Å²) in [6, 6.07) is 53.2. The average molecular weight is 773 g/mol. The molecule has 0 amide bonds. The third-order valence-corrected chi connectivity index (χ3v) is 12.1. The highest BCUT2D eigenvalue weighted by atomic mass is 16.3. The summed E-state index contributed by atoms with van der Waals surface area (Å²) in [6.45, 7) is 0. The number of aryl methyl sites for hydroxylation is 2. The number of hydrogen-bond acceptors (Lipinski definition) is 6. The fourth-order valence-corrected chi connectivity index (χ4v) is 9.29. The molecular weight excluding hydrogens is 741 g/mol. The Bertz CT molecular complexity index is 3850. The first-order chi connectivity index (χ1) is 29.7. The van der Waals surface area contributed by atoms with E-state index in [1.807, 2.05) is 36.7 Å². The number of rotatable bonds is 6. The van der Waals surface area contributed by atoms with Gasteiger partial charge in [0.1, 0.15) is 33.3 Å². The highest BCUT2D eigenvalue weighted by Gasteiger charge is 2.19. The first kappa shape index (κ1) is 33.0. The van der Waals surface area contributed by atoms with Crippen LogP contribution in [0, 0.1) is 0 Å². The molecule has 7 nitrogen and oxygen atoms in total. The molecule has 60 heavy (non-hydrogen) atoms. The van der Waals surface area contributed by atoms with E-state index in [1.54, 1.807) is 6.20 Å². The van der Waals surface area contributed by atoms with E-state index in [4.69, 9.17) is 18.2 Å². The van der Waals surface area contributed by atoms with E-state index in [0.717, 1.165) is 107 Å². The highest BCUT2D eigenvalue weighted by Crippen LogP contribution is 2.40. The first-order valence-corrected chi connectivity index (χ1v) is 20.2. The van der Waals surface area contributed by atoms with Crippen LogP contribution in [0.4, 0.5) is 0 Å². The molecule has 0 radical (unpaired) electrons. The summed E-state index contributed by atoms with van der Waals surface area (Å²) < 4.78 is 21.8. The van der Waals surface area contributed by atoms with Crippen LogP contribution in [0.15, 0.2) is 184 Å². The number of benzene rings is 6. The van der Waals surface area contributed by atoms with E-state index in [9.17, 15) is 0 Å². The first-order valence-electron chi connectivity index (χ1n) is 20.2. The van der Waals surface area contributed by atoms with Crippen LogP contribution in [0.5, 0.6) is 0 Å². The van der Waals surface area contributed by atoms with Gasteiger partial charge in [-0.3, -0.25) is 15.0 Å². The lowest BCUT2D eigenvalue weighted by Crippen LogP contribution is -1.93. The number of furan rings is 3. The molecule has 0 fully saturated rings. The van der Waals surface area contributed by atoms with Crippen LogP contribution in [0.2, 0.25) is 0 Å². The van der Waals surface area contributed by atoms with Crippen molar-refractivity contribution in [3.63, 3.8) is 0 Å². The van der Waals surface area contributed by atoms with Gasteiger partial charge in [0.15, 0.2) is 16.7 Å². The summed E-state index contributed by atoms with van der Waals surface area (Å²) in [6.07, 6.45) is 7.00. The number of para-hydroxylation sites is 3. The lowest BCUT2D eigenvalue weighted by molar-refractivity contribution is 0.655. The molecule has 0 spiro atoms. The van der Waals surface area contributed by atoms with Crippen LogP contribution in [0.1, 0.15) is 11.1 Å². The standard InChI is InChI=1S/C53H32N4O3/c1-2-9-36(10-3-1)57-43-13-5-4-11-38(43)40-28-33(17-20-44(40)57)34-18-21-45-41(29-34)39-12-6-8-31(51(39)58-45)15-16-32-23-26-55-48-42-30-35(19-22-46(42)59-52(32)48)37-24-27-56-50-49-47(60-53(37)50)14-7-25-54-49/h1-14,17-30H,15-16H2. The molecule has 0 saturated carbocycles. The number of pyridine rings is 3. The maximum absolute atomic E-state index is 6.63. The molecule has 0 unspecified atom stereocenters. The van der Waals surface area contributed by atoms with Gasteiger partial charge in [0, 0.05) is 56.8 Å². The van der Waals surface area contributed by atoms with Crippen LogP contribution >= 0.6 is 0 Å². The molecule has 6 aromatic carbocycles. The minimum Gasteiger partial charge on any atom is -0.456 e. The number of aromatic nitrogens is 4. The van der Waals surface area contributed by atoms with Crippen LogP contribution in [-0.2, 0) is 12.8 Å². The summed E-state index contributed by atoms with van der Waals surface area (Å²) >= 11 is 0. The molecule has 7 heterocycles. The molecule has 0 aliphatic carbocycles. The Morgan fingerprint density at radius 3 is 1.97 bits per heavy atom. The fourth-order valence-electron chi connectivity index (χ4n) is 9.29. The van der Waals surface area contributed by atoms with Crippen LogP contribution in [0.25, 0.3) is 116 Å². The summed E-state index contributed by atoms with van der Waals surface area (Å²) in [4.78, 5) is 13.9. The van der Waals surface area contributed by atoms with Crippen molar-refractivity contribution in [1.82, 2.24) is 19.5 Å². The van der Waals surface area contributed by atoms with Crippen LogP contribution in [-0.4, -0.2) is 19.5 Å². The van der Waals surface area contributed by atoms with Crippen LogP contribution in [0.3, 0.4) is 0 Å². The van der Waals surface area contributed by atoms with Crippen molar-refractivity contribution in [1.29, 1.82) is 0 Å². The van der Waals surface area contributed by atoms with Gasteiger partial charge in [-0.15, -0.1) is 0 Å². The minimum absolute atomic E-state index is 0.716. The Morgan fingerprint density at radius 2 is 1.05 bits per heavy atom. The molecule has 0 aliphatic heterocycles. The minimum atomic E-state index is 0.716. The second kappa shape index (κ2) is 12.7. The molecule has 0 aliphatic rings. The van der Waals surface area contributed by atoms with E-state index in [1.165, 1.54) is 27.4 Å². The van der Waals surface area contributed by atoms with Gasteiger partial charge in [0.25, 0.3) is 0 Å². The van der Waals surface area contributed by atoms with E-state index in [0.29, 0.717) is 5.58 Å². The summed E-state index contributed by atoms with van der Waals surface area (Å²) in [5.41, 5.74) is 17.3. The Hall–Kier alpha value is -8.03. The molecular formula is C53H32N4O3. The maximum Gasteiger partial charge on any atom is 0.163 e. The summed E-state index contributed by atoms with van der Waals surface area (Å²) in [5.74, 6) is 0. The molecule has 0 atom stereocenters. The molecule has 7 aromatic heterocycles. The molecule has 13 rings (SSSR count). The lowest BCUT2D eigenvalue weighted by atomic mass is 9.99. The van der Waals surface area contributed by atoms with Gasteiger partial charge in [-0.2, -0.15) is 0 Å². The molecule has 0 saturated heterocycles. The largest absolute Gasteiger partial charge is 0.456 e. The van der Waals surface area contributed by atoms with E-state index >= 15 is 0 Å². The second-order valence-electron chi connectivity index (χ2n) is 15.5. The quantitative estimate of drug-likeness (QED) is 0.167. The van der Waals surface area contributed by atoms with Gasteiger partial charge < -0.3 is 17.8 Å². The van der Waals surface area contributed by atoms with Gasteiger partial charge in [-0.05, 0) is 120 Å². The van der Waals surface area contributed by atoms with Crippen molar-refractivity contribution in [2.24, 2.45) is 0 Å². The Morgan fingerprint density at radius 1 is 0.383 bits per heavy atom. The average Bonchev–Trinajstić information content (AvgIpc) is 4.07. The van der Waals surface area contributed by atoms with Crippen molar-refractivity contribution in [3.05, 3.63) is 181 Å². The second-order valence-corrected chi connectivity index (χ2v) is 15.5. The number of fused-ring (bicyclic) bond motifs is 12. The van der Waals surface area contributed by atoms with Crippen LogP contribution < -0.4 is 0 Å². The topological polar surface area (TPSA) is 83.0 Å². The zero-order valence-corrected chi connectivity index (χ0v) is 32.1. The Labute approximate surface area is 341 Å². The van der Waals surface area contributed by atoms with Crippen molar-refractivity contribution in [3.8, 4) is 27.9 Å². The van der Waals surface area contributed by atoms with E-state index < -0.39 is 0 Å². The smallest absolute Gasteiger partial charge is 0.163 e. The van der Waals surface area contributed by atoms with Crippen molar-refractivity contribution >= 4 is 88.0 Å². The van der Waals surface area contributed by atoms with Crippen molar-refractivity contribution in [2.45, 2.75) is 12.8 Å². The van der Waals surface area contributed by atoms with Gasteiger partial charge in [0.05, 0.1) is 11.0 Å². The van der Waals surface area contributed by atoms with Gasteiger partial charge in [-0.1, -0.05) is 72.8 Å². The number of nitrogens with zero attached hydrogens (tertiary/aromatic N) is 4. The zero-order chi connectivity index (χ0) is 39.3. The normalized spacial score (nSPS) is 12.1. The molecule has 0 bridgehead atoms. The third-order valence-electron chi connectivity index (χ3n) is 12.1. The maximum atomic E-state index is 6.63. The van der Waals surface area contributed by atoms with Gasteiger partial charge >= 0.3 is 0 Å². The van der Waals surface area contributed by atoms with Gasteiger partial charge in [-0.25, -0.2) is 0 Å². The Kier molecular flexibility index (Phi) is 7.00. The van der Waals surface area contributed by atoms with E-state index in [2.05, 4.69) is 142 Å². The van der Waals surface area contributed by atoms with Crippen molar-refractivity contribution < 1.29 is 13.3 Å². The third kappa shape index (κ3) is 4.93. The predicted octanol–water partition coefficient (Wildman–Crippen LogP) is 13.8. The zero-order valence-electron chi connectivity index (χ0n) is 32.1.